The van der Waals surface area contributed by atoms with Crippen molar-refractivity contribution in [2.45, 2.75) is 20.4 Å². The van der Waals surface area contributed by atoms with Gasteiger partial charge < -0.3 is 10.6 Å². The van der Waals surface area contributed by atoms with Crippen LogP contribution in [0.2, 0.25) is 0 Å². The number of nitrogens with zero attached hydrogens (tertiary/aromatic N) is 2. The van der Waals surface area contributed by atoms with Gasteiger partial charge in [-0.25, -0.2) is 0 Å². The molecule has 34 heavy (non-hydrogen) atoms. The standard InChI is InChI=1S/C27H26N4O2S/c1-3-28-27(33)21-12-11-19(2)23(16-21)29-25(32)14-13-22-18-31(17-20-8-5-4-6-9-20)30-26(22)24-10-7-15-34-24/h4-16,18H,3,17H2,1-2H3,(H,28,33)(H,29,32)/b14-13+. The first-order chi connectivity index (χ1) is 16.5. The molecule has 2 N–H and O–H groups in total. The van der Waals surface area contributed by atoms with Crippen molar-refractivity contribution in [3.05, 3.63) is 101 Å². The Balaban J connectivity index is 1.54. The number of nitrogens with one attached hydrogen (secondary N) is 2. The lowest BCUT2D eigenvalue weighted by molar-refractivity contribution is -0.111. The van der Waals surface area contributed by atoms with E-state index in [1.807, 2.05) is 66.5 Å². The summed E-state index contributed by atoms with van der Waals surface area (Å²) in [7, 11) is 0. The van der Waals surface area contributed by atoms with Crippen molar-refractivity contribution in [2.24, 2.45) is 0 Å². The van der Waals surface area contributed by atoms with Crippen LogP contribution in [0.3, 0.4) is 0 Å². The first-order valence-corrected chi connectivity index (χ1v) is 11.9. The monoisotopic (exact) mass is 470 g/mol. The van der Waals surface area contributed by atoms with Crippen molar-refractivity contribution >= 4 is 34.9 Å². The average Bonchev–Trinajstić information content (AvgIpc) is 3.50. The third-order valence-electron chi connectivity index (χ3n) is 5.24. The van der Waals surface area contributed by atoms with Crippen LogP contribution in [0.25, 0.3) is 16.6 Å². The van der Waals surface area contributed by atoms with Crippen LogP contribution in [0.5, 0.6) is 0 Å². The number of carbonyl (C=O) groups is 2. The smallest absolute Gasteiger partial charge is 0.251 e. The van der Waals surface area contributed by atoms with E-state index in [9.17, 15) is 9.59 Å². The lowest BCUT2D eigenvalue weighted by atomic mass is 10.1. The Hall–Kier alpha value is -3.97. The van der Waals surface area contributed by atoms with Crippen molar-refractivity contribution in [1.82, 2.24) is 15.1 Å². The van der Waals surface area contributed by atoms with Gasteiger partial charge in [0.05, 0.1) is 11.4 Å². The second-order valence-electron chi connectivity index (χ2n) is 7.81. The Morgan fingerprint density at radius 1 is 1.09 bits per heavy atom. The fourth-order valence-electron chi connectivity index (χ4n) is 3.52. The fraction of sp³-hybridized carbons (Fsp3) is 0.148. The number of hydrogen-bond acceptors (Lipinski definition) is 4. The molecule has 2 amide bonds. The summed E-state index contributed by atoms with van der Waals surface area (Å²) in [5.74, 6) is -0.441. The van der Waals surface area contributed by atoms with E-state index in [0.717, 1.165) is 27.3 Å². The third kappa shape index (κ3) is 5.68. The van der Waals surface area contributed by atoms with Gasteiger partial charge in [-0.2, -0.15) is 5.10 Å². The van der Waals surface area contributed by atoms with Gasteiger partial charge >= 0.3 is 0 Å². The molecule has 0 unspecified atom stereocenters. The Labute approximate surface area is 203 Å². The van der Waals surface area contributed by atoms with Crippen molar-refractivity contribution in [1.29, 1.82) is 0 Å². The Morgan fingerprint density at radius 2 is 1.91 bits per heavy atom. The summed E-state index contributed by atoms with van der Waals surface area (Å²) in [6.45, 7) is 4.95. The molecule has 2 heterocycles. The highest BCUT2D eigenvalue weighted by molar-refractivity contribution is 7.13. The van der Waals surface area contributed by atoms with Gasteiger partial charge in [0, 0.05) is 35.6 Å². The summed E-state index contributed by atoms with van der Waals surface area (Å²) in [5.41, 5.74) is 4.85. The van der Waals surface area contributed by atoms with Crippen LogP contribution in [0.1, 0.15) is 34.0 Å². The van der Waals surface area contributed by atoms with Crippen LogP contribution in [-0.4, -0.2) is 28.1 Å². The van der Waals surface area contributed by atoms with Crippen molar-refractivity contribution in [3.63, 3.8) is 0 Å². The quantitative estimate of drug-likeness (QED) is 0.340. The zero-order valence-electron chi connectivity index (χ0n) is 19.1. The predicted molar refractivity (Wildman–Crippen MR) is 138 cm³/mol. The second-order valence-corrected chi connectivity index (χ2v) is 8.75. The average molecular weight is 471 g/mol. The van der Waals surface area contributed by atoms with E-state index in [1.165, 1.54) is 6.08 Å². The second kappa shape index (κ2) is 10.8. The molecule has 0 atom stereocenters. The molecular formula is C27H26N4O2S. The number of anilines is 1. The van der Waals surface area contributed by atoms with Crippen molar-refractivity contribution in [2.75, 3.05) is 11.9 Å². The van der Waals surface area contributed by atoms with E-state index in [0.29, 0.717) is 24.3 Å². The molecule has 0 aliphatic rings. The van der Waals surface area contributed by atoms with Crippen LogP contribution >= 0.6 is 11.3 Å². The van der Waals surface area contributed by atoms with E-state index in [2.05, 4.69) is 22.8 Å². The van der Waals surface area contributed by atoms with Crippen LogP contribution in [-0.2, 0) is 11.3 Å². The minimum Gasteiger partial charge on any atom is -0.352 e. The lowest BCUT2D eigenvalue weighted by Gasteiger charge is -2.09. The maximum Gasteiger partial charge on any atom is 0.251 e. The van der Waals surface area contributed by atoms with Crippen LogP contribution in [0.4, 0.5) is 5.69 Å². The normalized spacial score (nSPS) is 11.0. The first-order valence-electron chi connectivity index (χ1n) is 11.1. The van der Waals surface area contributed by atoms with Crippen LogP contribution in [0.15, 0.2) is 78.3 Å². The molecule has 4 rings (SSSR count). The number of thiophene rings is 1. The molecule has 0 saturated heterocycles. The number of carbonyl (C=O) groups excluding carboxylic acids is 2. The SMILES string of the molecule is CCNC(=O)c1ccc(C)c(NC(=O)/C=C/c2cn(Cc3ccccc3)nc2-c2cccs2)c1. The summed E-state index contributed by atoms with van der Waals surface area (Å²) in [5, 5.41) is 12.4. The fourth-order valence-corrected chi connectivity index (χ4v) is 4.25. The number of rotatable bonds is 8. The third-order valence-corrected chi connectivity index (χ3v) is 6.12. The van der Waals surface area contributed by atoms with E-state index in [4.69, 9.17) is 5.10 Å². The number of aryl methyl sites for hydroxylation is 1. The van der Waals surface area contributed by atoms with Gasteiger partial charge in [0.15, 0.2) is 0 Å². The molecule has 7 heteroatoms. The molecule has 172 valence electrons. The van der Waals surface area contributed by atoms with Gasteiger partial charge in [0.2, 0.25) is 5.91 Å². The number of hydrogen-bond donors (Lipinski definition) is 2. The van der Waals surface area contributed by atoms with Gasteiger partial charge in [-0.05, 0) is 54.6 Å². The molecule has 2 aromatic carbocycles. The maximum absolute atomic E-state index is 12.7. The first kappa shape index (κ1) is 23.2. The highest BCUT2D eigenvalue weighted by atomic mass is 32.1. The predicted octanol–water partition coefficient (Wildman–Crippen LogP) is 5.37. The van der Waals surface area contributed by atoms with E-state index in [1.54, 1.807) is 29.5 Å². The van der Waals surface area contributed by atoms with Crippen molar-refractivity contribution < 1.29 is 9.59 Å². The molecular weight excluding hydrogens is 444 g/mol. The van der Waals surface area contributed by atoms with Gasteiger partial charge in [0.1, 0.15) is 5.69 Å². The molecule has 6 nitrogen and oxygen atoms in total. The Morgan fingerprint density at radius 3 is 2.65 bits per heavy atom. The molecule has 2 aromatic heterocycles. The van der Waals surface area contributed by atoms with E-state index >= 15 is 0 Å². The summed E-state index contributed by atoms with van der Waals surface area (Å²) in [6.07, 6.45) is 5.23. The van der Waals surface area contributed by atoms with E-state index < -0.39 is 0 Å². The molecule has 0 fully saturated rings. The summed E-state index contributed by atoms with van der Waals surface area (Å²) >= 11 is 1.61. The molecule has 0 bridgehead atoms. The van der Waals surface area contributed by atoms with Gasteiger partial charge in [-0.1, -0.05) is 42.5 Å². The summed E-state index contributed by atoms with van der Waals surface area (Å²) < 4.78 is 1.89. The molecule has 0 aliphatic carbocycles. The molecule has 4 aromatic rings. The van der Waals surface area contributed by atoms with Crippen LogP contribution in [0, 0.1) is 6.92 Å². The maximum atomic E-state index is 12.7. The zero-order valence-corrected chi connectivity index (χ0v) is 19.9. The van der Waals surface area contributed by atoms with Crippen LogP contribution < -0.4 is 10.6 Å². The minimum absolute atomic E-state index is 0.167. The summed E-state index contributed by atoms with van der Waals surface area (Å²) in [6, 6.07) is 19.4. The highest BCUT2D eigenvalue weighted by Gasteiger charge is 2.12. The molecule has 0 saturated carbocycles. The largest absolute Gasteiger partial charge is 0.352 e. The molecule has 0 aliphatic heterocycles. The number of benzene rings is 2. The lowest BCUT2D eigenvalue weighted by Crippen LogP contribution is -2.23. The van der Waals surface area contributed by atoms with Crippen molar-refractivity contribution in [3.8, 4) is 10.6 Å². The number of aromatic nitrogens is 2. The molecule has 0 spiro atoms. The zero-order chi connectivity index (χ0) is 23.9. The van der Waals surface area contributed by atoms with Gasteiger partial charge in [-0.15, -0.1) is 11.3 Å². The van der Waals surface area contributed by atoms with Gasteiger partial charge in [0.25, 0.3) is 5.91 Å². The summed E-state index contributed by atoms with van der Waals surface area (Å²) in [4.78, 5) is 25.9. The molecule has 0 radical (unpaired) electrons. The number of amides is 2. The van der Waals surface area contributed by atoms with Gasteiger partial charge in [-0.3, -0.25) is 14.3 Å². The van der Waals surface area contributed by atoms with E-state index in [-0.39, 0.29) is 11.8 Å². The minimum atomic E-state index is -0.274. The highest BCUT2D eigenvalue weighted by Crippen LogP contribution is 2.28. The Bertz CT molecular complexity index is 1310. The topological polar surface area (TPSA) is 76.0 Å². The Kier molecular flexibility index (Phi) is 7.34.